The highest BCUT2D eigenvalue weighted by atomic mass is 16.6. The molecule has 0 radical (unpaired) electrons. The van der Waals surface area contributed by atoms with Gasteiger partial charge >= 0.3 is 29.8 Å². The molecule has 380 valence electrons. The second-order valence-corrected chi connectivity index (χ2v) is 19.5. The van der Waals surface area contributed by atoms with E-state index in [1.807, 2.05) is 6.92 Å². The van der Waals surface area contributed by atoms with E-state index >= 15 is 4.79 Å². The monoisotopic (exact) mass is 975 g/mol. The number of aliphatic hydroxyl groups excluding tert-OH is 1. The summed E-state index contributed by atoms with van der Waals surface area (Å²) in [5, 5.41) is 30.9. The predicted octanol–water partition coefficient (Wildman–Crippen LogP) is 3.02. The number of unbranched alkanes of at least 4 members (excludes halogenated alkanes) is 2. The van der Waals surface area contributed by atoms with Gasteiger partial charge in [0.2, 0.25) is 11.8 Å². The van der Waals surface area contributed by atoms with Gasteiger partial charge in [0, 0.05) is 38.5 Å². The van der Waals surface area contributed by atoms with Crippen LogP contribution in [0.4, 0.5) is 0 Å². The molecule has 6 rings (SSSR count). The molecular formula is C51H65N3O16. The number of nitrogens with two attached hydrogens (primary N) is 1. The minimum absolute atomic E-state index is 0.0148. The fourth-order valence-electron chi connectivity index (χ4n) is 10.8. The van der Waals surface area contributed by atoms with Crippen LogP contribution < -0.4 is 16.4 Å². The maximum absolute atomic E-state index is 16.1. The lowest BCUT2D eigenvalue weighted by atomic mass is 9.44. The molecule has 2 amide bonds. The fraction of sp³-hybridized carbons (Fsp3) is 0.569. The second-order valence-electron chi connectivity index (χ2n) is 19.5. The Kier molecular flexibility index (Phi) is 16.1. The Hall–Kier alpha value is -6.02. The summed E-state index contributed by atoms with van der Waals surface area (Å²) in [6.07, 6.45) is -8.79. The first-order valence-electron chi connectivity index (χ1n) is 23.6. The number of nitrogens with one attached hydrogen (secondary N) is 2. The van der Waals surface area contributed by atoms with E-state index < -0.39 is 144 Å². The van der Waals surface area contributed by atoms with Gasteiger partial charge in [0.25, 0.3) is 0 Å². The van der Waals surface area contributed by atoms with Crippen molar-refractivity contribution in [1.82, 2.24) is 10.6 Å². The van der Waals surface area contributed by atoms with Gasteiger partial charge in [0.15, 0.2) is 23.6 Å². The predicted molar refractivity (Wildman–Crippen MR) is 247 cm³/mol. The van der Waals surface area contributed by atoms with Crippen LogP contribution in [0, 0.1) is 16.7 Å². The zero-order valence-electron chi connectivity index (χ0n) is 40.8. The molecule has 19 heteroatoms. The summed E-state index contributed by atoms with van der Waals surface area (Å²) >= 11 is 0. The minimum Gasteiger partial charge on any atom is -0.460 e. The normalized spacial score (nSPS) is 29.9. The third kappa shape index (κ3) is 10.1. The van der Waals surface area contributed by atoms with E-state index in [0.717, 1.165) is 26.7 Å². The maximum atomic E-state index is 16.1. The van der Waals surface area contributed by atoms with Gasteiger partial charge in [-0.15, -0.1) is 0 Å². The number of Topliss-reactive ketones (excluding diaryl/α,β-unsaturated/α-hetero) is 1. The highest BCUT2D eigenvalue weighted by Gasteiger charge is 2.79. The average Bonchev–Trinajstić information content (AvgIpc) is 3.30. The molecule has 19 nitrogen and oxygen atoms in total. The molecule has 5 unspecified atom stereocenters. The summed E-state index contributed by atoms with van der Waals surface area (Å²) < 4.78 is 36.9. The van der Waals surface area contributed by atoms with E-state index in [2.05, 4.69) is 10.6 Å². The van der Waals surface area contributed by atoms with Crippen LogP contribution in [0.25, 0.3) is 0 Å². The Morgan fingerprint density at radius 1 is 0.900 bits per heavy atom. The topological polar surface area (TPSA) is 282 Å². The molecule has 1 heterocycles. The maximum Gasteiger partial charge on any atom is 0.338 e. The number of esters is 5. The van der Waals surface area contributed by atoms with Gasteiger partial charge in [0.1, 0.15) is 36.6 Å². The molecule has 2 aromatic carbocycles. The lowest BCUT2D eigenvalue weighted by molar-refractivity contribution is -0.346. The standard InChI is InChI=1S/C51H65N3O16/c1-9-10-13-22-36(57)54-39(31-18-14-11-15-19-31)40(59)47(63)67-33-24-51(64)44(69-46(62)32-20-16-12-17-21-32)42-49(8,43(60)41(66-29(4)55)38(27(33)2)48(51,6)7)34(68-37(58)25-53-45(61)28(3)52)23-35-50(42,26-65-35)70-30(5)56/h11-12,14-21,28,33-35,39-42,44,59,64H,9-10,13,22-26,52H2,1-8H3,(H,53,61)(H,54,57)/t28?,33-,34-,35?,39?,40-,41+,42?,44?,49+,50-,51+/m0/s1. The number of ketones is 1. The van der Waals surface area contributed by atoms with Crippen LogP contribution in [0.3, 0.4) is 0 Å². The Morgan fingerprint density at radius 3 is 2.11 bits per heavy atom. The number of amides is 2. The SMILES string of the molecule is CCCCCC(=O)NC(c1ccccc1)[C@H](O)C(=O)O[C@H]1C[C@@]2(O)C(OC(=O)c3ccccc3)C3[C@]4(OC(C)=O)COC4C[C@H](OC(=O)CNC(=O)C(C)N)[C@@]3(C)C(=O)[C@H](OC(C)=O)C(=C1C)C2(C)C. The summed E-state index contributed by atoms with van der Waals surface area (Å²) in [5.74, 6) is -8.80. The van der Waals surface area contributed by atoms with Gasteiger partial charge in [-0.1, -0.05) is 82.1 Å². The quantitative estimate of drug-likeness (QED) is 0.0659. The smallest absolute Gasteiger partial charge is 0.338 e. The Labute approximate surface area is 406 Å². The lowest BCUT2D eigenvalue weighted by Crippen LogP contribution is -2.82. The van der Waals surface area contributed by atoms with Crippen LogP contribution in [-0.2, 0) is 62.0 Å². The zero-order chi connectivity index (χ0) is 51.5. The van der Waals surface area contributed by atoms with Crippen LogP contribution >= 0.6 is 0 Å². The minimum atomic E-state index is -2.50. The summed E-state index contributed by atoms with van der Waals surface area (Å²) in [5.41, 5.74) is -2.22. The highest BCUT2D eigenvalue weighted by molar-refractivity contribution is 5.96. The molecule has 0 spiro atoms. The zero-order valence-corrected chi connectivity index (χ0v) is 40.8. The first kappa shape index (κ1) is 53.3. The van der Waals surface area contributed by atoms with E-state index in [1.54, 1.807) is 48.5 Å². The van der Waals surface area contributed by atoms with Crippen molar-refractivity contribution in [1.29, 1.82) is 0 Å². The van der Waals surface area contributed by atoms with Crippen molar-refractivity contribution in [2.75, 3.05) is 13.2 Å². The number of rotatable bonds is 17. The van der Waals surface area contributed by atoms with E-state index in [1.165, 1.54) is 46.8 Å². The van der Waals surface area contributed by atoms with Gasteiger partial charge in [0.05, 0.1) is 35.6 Å². The average molecular weight is 976 g/mol. The molecule has 6 N–H and O–H groups in total. The summed E-state index contributed by atoms with van der Waals surface area (Å²) in [6, 6.07) is 13.7. The first-order chi connectivity index (χ1) is 32.9. The van der Waals surface area contributed by atoms with Gasteiger partial charge < -0.3 is 55.0 Å². The molecule has 4 aliphatic rings. The number of aliphatic hydroxyl groups is 2. The number of ether oxygens (including phenoxy) is 6. The molecule has 2 bridgehead atoms. The van der Waals surface area contributed by atoms with Gasteiger partial charge in [-0.2, -0.15) is 0 Å². The van der Waals surface area contributed by atoms with Gasteiger partial charge in [-0.05, 0) is 56.0 Å². The lowest BCUT2D eigenvalue weighted by Gasteiger charge is -2.67. The van der Waals surface area contributed by atoms with Crippen molar-refractivity contribution in [3.05, 3.63) is 82.9 Å². The number of fused-ring (bicyclic) bond motifs is 5. The van der Waals surface area contributed by atoms with Crippen LogP contribution in [0.5, 0.6) is 0 Å². The Bertz CT molecular complexity index is 2370. The molecule has 2 aromatic rings. The molecule has 2 saturated carbocycles. The fourth-order valence-corrected chi connectivity index (χ4v) is 10.8. The van der Waals surface area contributed by atoms with E-state index in [0.29, 0.717) is 12.0 Å². The highest BCUT2D eigenvalue weighted by Crippen LogP contribution is 2.65. The molecule has 1 aliphatic heterocycles. The summed E-state index contributed by atoms with van der Waals surface area (Å²) in [6.45, 7) is 10.4. The van der Waals surface area contributed by atoms with Crippen LogP contribution in [0.1, 0.15) is 116 Å². The number of hydrogen-bond donors (Lipinski definition) is 5. The van der Waals surface area contributed by atoms with Crippen LogP contribution in [-0.4, -0.2) is 125 Å². The number of hydrogen-bond acceptors (Lipinski definition) is 17. The number of benzene rings is 2. The Balaban J connectivity index is 1.56. The van der Waals surface area contributed by atoms with Crippen molar-refractivity contribution in [2.45, 2.75) is 154 Å². The van der Waals surface area contributed by atoms with Gasteiger partial charge in [-0.25, -0.2) is 9.59 Å². The molecule has 0 aromatic heterocycles. The second kappa shape index (κ2) is 21.1. The largest absolute Gasteiger partial charge is 0.460 e. The number of carbonyl (C=O) groups excluding carboxylic acids is 8. The van der Waals surface area contributed by atoms with E-state index in [4.69, 9.17) is 34.2 Å². The van der Waals surface area contributed by atoms with Crippen LogP contribution in [0.15, 0.2) is 71.8 Å². The molecule has 1 saturated heterocycles. The van der Waals surface area contributed by atoms with Crippen molar-refractivity contribution >= 4 is 47.4 Å². The van der Waals surface area contributed by atoms with Gasteiger partial charge in [-0.3, -0.25) is 28.8 Å². The van der Waals surface area contributed by atoms with Crippen molar-refractivity contribution < 1.29 is 77.0 Å². The molecule has 70 heavy (non-hydrogen) atoms. The molecule has 3 aliphatic carbocycles. The first-order valence-corrected chi connectivity index (χ1v) is 23.6. The molecular weight excluding hydrogens is 911 g/mol. The molecule has 12 atom stereocenters. The third-order valence-corrected chi connectivity index (χ3v) is 14.5. The number of carbonyl (C=O) groups is 8. The van der Waals surface area contributed by atoms with Crippen LogP contribution in [0.2, 0.25) is 0 Å². The van der Waals surface area contributed by atoms with Crippen molar-refractivity contribution in [3.8, 4) is 0 Å². The van der Waals surface area contributed by atoms with E-state index in [9.17, 15) is 43.8 Å². The van der Waals surface area contributed by atoms with E-state index in [-0.39, 0.29) is 29.6 Å². The third-order valence-electron chi connectivity index (χ3n) is 14.5. The van der Waals surface area contributed by atoms with Crippen molar-refractivity contribution in [3.63, 3.8) is 0 Å². The summed E-state index contributed by atoms with van der Waals surface area (Å²) in [4.78, 5) is 111. The Morgan fingerprint density at radius 2 is 1.54 bits per heavy atom. The summed E-state index contributed by atoms with van der Waals surface area (Å²) in [7, 11) is 0. The molecule has 3 fully saturated rings. The van der Waals surface area contributed by atoms with Crippen molar-refractivity contribution in [2.24, 2.45) is 22.5 Å².